The van der Waals surface area contributed by atoms with E-state index in [0.717, 1.165) is 28.7 Å². The third kappa shape index (κ3) is 4.30. The van der Waals surface area contributed by atoms with Crippen LogP contribution >= 0.6 is 22.6 Å². The van der Waals surface area contributed by atoms with Gasteiger partial charge in [-0.25, -0.2) is 13.2 Å². The van der Waals surface area contributed by atoms with E-state index in [1.54, 1.807) is 6.07 Å². The second kappa shape index (κ2) is 8.27. The summed E-state index contributed by atoms with van der Waals surface area (Å²) in [4.78, 5) is 11.4. The Morgan fingerprint density at radius 3 is 2.73 bits per heavy atom. The van der Waals surface area contributed by atoms with E-state index < -0.39 is 52.4 Å². The zero-order valence-corrected chi connectivity index (χ0v) is 15.4. The Labute approximate surface area is 160 Å². The molecule has 1 aliphatic rings. The van der Waals surface area contributed by atoms with E-state index in [1.165, 1.54) is 18.2 Å². The molecular weight excluding hydrogens is 468 g/mol. The highest BCUT2D eigenvalue weighted by atomic mass is 127. The Bertz CT molecular complexity index is 755. The van der Waals surface area contributed by atoms with Gasteiger partial charge in [-0.3, -0.25) is 4.79 Å². The molecule has 0 radical (unpaired) electrons. The summed E-state index contributed by atoms with van der Waals surface area (Å²) >= 11 is 1.06. The first-order chi connectivity index (χ1) is 12.2. The van der Waals surface area contributed by atoms with Crippen molar-refractivity contribution in [3.63, 3.8) is 0 Å². The summed E-state index contributed by atoms with van der Waals surface area (Å²) in [6, 6.07) is 5.88. The topological polar surface area (TPSA) is 105 Å². The molecule has 1 aliphatic carbocycles. The number of carbonyl (C=O) groups is 1. The number of hydrogen-bond donors (Lipinski definition) is 4. The number of anilines is 1. The number of allylic oxidation sites excluding steroid dienone is 3. The predicted molar refractivity (Wildman–Crippen MR) is 96.6 cm³/mol. The van der Waals surface area contributed by atoms with Crippen LogP contribution in [0.15, 0.2) is 47.6 Å². The van der Waals surface area contributed by atoms with Crippen LogP contribution < -0.4 is 11.1 Å². The highest BCUT2D eigenvalue weighted by Crippen LogP contribution is 2.44. The van der Waals surface area contributed by atoms with Crippen molar-refractivity contribution in [3.8, 4) is 0 Å². The number of amides is 1. The van der Waals surface area contributed by atoms with Crippen molar-refractivity contribution < 1.29 is 32.9 Å². The second-order valence-electron chi connectivity index (χ2n) is 5.44. The van der Waals surface area contributed by atoms with E-state index in [4.69, 9.17) is 15.6 Å². The van der Waals surface area contributed by atoms with Crippen LogP contribution in [0.25, 0.3) is 0 Å². The molecule has 2 rings (SSSR count). The van der Waals surface area contributed by atoms with Crippen LogP contribution in [0, 0.1) is 0 Å². The average molecular weight is 484 g/mol. The molecular formula is C16H16F3IN2O4. The number of halogens is 4. The van der Waals surface area contributed by atoms with Gasteiger partial charge in [0.2, 0.25) is 6.17 Å². The van der Waals surface area contributed by atoms with Gasteiger partial charge < -0.3 is 26.0 Å². The summed E-state index contributed by atoms with van der Waals surface area (Å²) in [5.74, 6) is -2.79. The minimum absolute atomic E-state index is 0.0290. The van der Waals surface area contributed by atoms with Crippen LogP contribution in [-0.2, 0) is 4.74 Å². The van der Waals surface area contributed by atoms with Crippen LogP contribution in [0.2, 0.25) is 0 Å². The first-order valence-corrected chi connectivity index (χ1v) is 8.47. The van der Waals surface area contributed by atoms with Gasteiger partial charge in [0.1, 0.15) is 18.5 Å². The van der Waals surface area contributed by atoms with Gasteiger partial charge in [0, 0.05) is 6.08 Å². The van der Waals surface area contributed by atoms with Crippen molar-refractivity contribution in [2.45, 2.75) is 16.0 Å². The van der Waals surface area contributed by atoms with Crippen molar-refractivity contribution in [1.82, 2.24) is 0 Å². The van der Waals surface area contributed by atoms with Crippen molar-refractivity contribution in [3.05, 3.63) is 53.2 Å². The first-order valence-electron chi connectivity index (χ1n) is 7.39. The van der Waals surface area contributed by atoms with Crippen LogP contribution in [-0.4, -0.2) is 45.3 Å². The van der Waals surface area contributed by atoms with Gasteiger partial charge in [0.05, 0.1) is 23.6 Å². The molecule has 1 aromatic carbocycles. The second-order valence-corrected chi connectivity index (χ2v) is 7.01. The Kier molecular flexibility index (Phi) is 6.53. The lowest BCUT2D eigenvalue weighted by molar-refractivity contribution is 0.0103. The lowest BCUT2D eigenvalue weighted by Gasteiger charge is -2.30. The maximum Gasteiger partial charge on any atom is 0.254 e. The number of carbonyl (C=O) groups excluding carboxylic acids is 1. The summed E-state index contributed by atoms with van der Waals surface area (Å²) in [6.07, 6.45) is -3.11. The third-order valence-electron chi connectivity index (χ3n) is 3.51. The van der Waals surface area contributed by atoms with Crippen molar-refractivity contribution in [2.75, 3.05) is 18.5 Å². The molecule has 0 aromatic heterocycles. The van der Waals surface area contributed by atoms with Gasteiger partial charge in [0.25, 0.3) is 9.58 Å². The van der Waals surface area contributed by atoms with Gasteiger partial charge in [-0.05, 0) is 34.7 Å². The van der Waals surface area contributed by atoms with E-state index in [1.807, 2.05) is 0 Å². The number of aliphatic hydroxyl groups is 2. The van der Waals surface area contributed by atoms with E-state index in [9.17, 15) is 23.1 Å². The summed E-state index contributed by atoms with van der Waals surface area (Å²) in [5, 5.41) is 20.6. The van der Waals surface area contributed by atoms with Crippen LogP contribution in [0.4, 0.5) is 18.9 Å². The molecule has 5 N–H and O–H groups in total. The van der Waals surface area contributed by atoms with Gasteiger partial charge in [-0.15, -0.1) is 0 Å². The number of rotatable bonds is 7. The van der Waals surface area contributed by atoms with Crippen LogP contribution in [0.3, 0.4) is 0 Å². The fourth-order valence-corrected chi connectivity index (χ4v) is 2.73. The molecule has 3 unspecified atom stereocenters. The normalized spacial score (nSPS) is 24.1. The monoisotopic (exact) mass is 484 g/mol. The van der Waals surface area contributed by atoms with Gasteiger partial charge in [0.15, 0.2) is 5.83 Å². The molecule has 0 fully saturated rings. The van der Waals surface area contributed by atoms with Crippen molar-refractivity contribution >= 4 is 34.2 Å². The van der Waals surface area contributed by atoms with E-state index in [-0.39, 0.29) is 11.3 Å². The number of nitrogens with one attached hydrogen (secondary N) is 1. The average Bonchev–Trinajstić information content (AvgIpc) is 2.61. The largest absolute Gasteiger partial charge is 0.491 e. The Balaban J connectivity index is 2.36. The number of nitrogens with two attached hydrogens (primary N) is 1. The molecule has 1 aromatic rings. The smallest absolute Gasteiger partial charge is 0.254 e. The molecule has 6 nitrogen and oxygen atoms in total. The minimum atomic E-state index is -2.84. The lowest BCUT2D eigenvalue weighted by Crippen LogP contribution is -2.37. The number of hydrogen-bond acceptors (Lipinski definition) is 5. The fourth-order valence-electron chi connectivity index (χ4n) is 2.14. The van der Waals surface area contributed by atoms with Gasteiger partial charge >= 0.3 is 0 Å². The number of para-hydroxylation sites is 1. The Hall–Kier alpha value is -1.79. The zero-order valence-electron chi connectivity index (χ0n) is 13.3. The minimum Gasteiger partial charge on any atom is -0.491 e. The number of ether oxygens (including phenoxy) is 1. The molecule has 0 heterocycles. The number of primary amides is 1. The fraction of sp³-hybridized carbons (Fsp3) is 0.312. The summed E-state index contributed by atoms with van der Waals surface area (Å²) in [6.45, 7) is -1.16. The van der Waals surface area contributed by atoms with E-state index in [0.29, 0.717) is 0 Å². The van der Waals surface area contributed by atoms with E-state index in [2.05, 4.69) is 5.32 Å². The molecule has 0 saturated heterocycles. The quantitative estimate of drug-likeness (QED) is 0.351. The number of benzene rings is 1. The van der Waals surface area contributed by atoms with Gasteiger partial charge in [-0.1, -0.05) is 12.1 Å². The SMILES string of the molecule is NC(=O)c1ccccc1NC1=C(F)C(F)C(F)(I)C(OCC(O)CO)=C1. The summed E-state index contributed by atoms with van der Waals surface area (Å²) in [7, 11) is 0. The summed E-state index contributed by atoms with van der Waals surface area (Å²) < 4.78 is 45.3. The van der Waals surface area contributed by atoms with Crippen molar-refractivity contribution in [1.29, 1.82) is 0 Å². The molecule has 10 heteroatoms. The molecule has 0 aliphatic heterocycles. The molecule has 142 valence electrons. The highest BCUT2D eigenvalue weighted by molar-refractivity contribution is 14.1. The van der Waals surface area contributed by atoms with Gasteiger partial charge in [-0.2, -0.15) is 0 Å². The zero-order chi connectivity index (χ0) is 19.5. The van der Waals surface area contributed by atoms with E-state index >= 15 is 0 Å². The van der Waals surface area contributed by atoms with Crippen molar-refractivity contribution in [2.24, 2.45) is 5.73 Å². The number of aliphatic hydroxyl groups excluding tert-OH is 2. The first kappa shape index (κ1) is 20.5. The Morgan fingerprint density at radius 2 is 2.12 bits per heavy atom. The standard InChI is InChI=1S/C16H16F3IN2O4/c17-13-11(22-10-4-2-1-3-9(10)15(21)25)5-12(16(19,20)14(13)18)26-7-8(24)6-23/h1-5,8,14,22-24H,6-7H2,(H2,21,25). The van der Waals surface area contributed by atoms with Crippen LogP contribution in [0.5, 0.6) is 0 Å². The molecule has 0 spiro atoms. The maximum atomic E-state index is 14.6. The maximum absolute atomic E-state index is 14.6. The molecule has 0 saturated carbocycles. The summed E-state index contributed by atoms with van der Waals surface area (Å²) in [5.41, 5.74) is 4.91. The Morgan fingerprint density at radius 1 is 1.46 bits per heavy atom. The molecule has 26 heavy (non-hydrogen) atoms. The lowest BCUT2D eigenvalue weighted by atomic mass is 10.0. The molecule has 0 bridgehead atoms. The third-order valence-corrected chi connectivity index (χ3v) is 4.58. The van der Waals surface area contributed by atoms with Crippen LogP contribution in [0.1, 0.15) is 10.4 Å². The molecule has 1 amide bonds. The highest BCUT2D eigenvalue weighted by Gasteiger charge is 2.49. The molecule has 3 atom stereocenters. The predicted octanol–water partition coefficient (Wildman–Crippen LogP) is 2.08. The number of alkyl halides is 3.